The summed E-state index contributed by atoms with van der Waals surface area (Å²) in [5.41, 5.74) is 1.29. The smallest absolute Gasteiger partial charge is 0.306 e. The molecule has 0 fully saturated rings. The van der Waals surface area contributed by atoms with Gasteiger partial charge in [0.05, 0.1) is 12.5 Å². The highest BCUT2D eigenvalue weighted by atomic mass is 35.5. The number of hydrogen-bond donors (Lipinski definition) is 2. The standard InChI is InChI=1S/C10H11ClO3/c1-6-3-2-4-7(11)10(6)8(12)5-9(13)14/h2-4,8,12H,5H2,1H3,(H,13,14)/t8-/m1/s1. The van der Waals surface area contributed by atoms with Crippen LogP contribution < -0.4 is 0 Å². The molecular weight excluding hydrogens is 204 g/mol. The van der Waals surface area contributed by atoms with E-state index in [4.69, 9.17) is 16.7 Å². The van der Waals surface area contributed by atoms with E-state index in [9.17, 15) is 9.90 Å². The highest BCUT2D eigenvalue weighted by Crippen LogP contribution is 2.28. The van der Waals surface area contributed by atoms with Crippen molar-refractivity contribution in [3.8, 4) is 0 Å². The fraction of sp³-hybridized carbons (Fsp3) is 0.300. The van der Waals surface area contributed by atoms with Gasteiger partial charge in [-0.15, -0.1) is 0 Å². The molecule has 76 valence electrons. The first-order valence-electron chi connectivity index (χ1n) is 4.17. The van der Waals surface area contributed by atoms with Crippen molar-refractivity contribution in [3.63, 3.8) is 0 Å². The minimum Gasteiger partial charge on any atom is -0.481 e. The summed E-state index contributed by atoms with van der Waals surface area (Å²) in [6, 6.07) is 5.18. The molecule has 0 amide bonds. The molecule has 0 bridgehead atoms. The van der Waals surface area contributed by atoms with Crippen molar-refractivity contribution in [1.82, 2.24) is 0 Å². The normalized spacial score (nSPS) is 12.5. The van der Waals surface area contributed by atoms with Gasteiger partial charge in [0.25, 0.3) is 0 Å². The van der Waals surface area contributed by atoms with Crippen LogP contribution in [0.15, 0.2) is 18.2 Å². The number of aryl methyl sites for hydroxylation is 1. The Labute approximate surface area is 86.9 Å². The lowest BCUT2D eigenvalue weighted by molar-refractivity contribution is -0.139. The summed E-state index contributed by atoms with van der Waals surface area (Å²) in [5, 5.41) is 18.5. The Bertz CT molecular complexity index is 329. The molecule has 4 heteroatoms. The van der Waals surface area contributed by atoms with Crippen LogP contribution in [0.3, 0.4) is 0 Å². The van der Waals surface area contributed by atoms with Gasteiger partial charge in [-0.25, -0.2) is 0 Å². The molecule has 14 heavy (non-hydrogen) atoms. The van der Waals surface area contributed by atoms with Gasteiger partial charge >= 0.3 is 5.97 Å². The molecule has 0 spiro atoms. The first-order valence-corrected chi connectivity index (χ1v) is 4.55. The van der Waals surface area contributed by atoms with Crippen LogP contribution in [0.2, 0.25) is 5.02 Å². The van der Waals surface area contributed by atoms with E-state index < -0.39 is 12.1 Å². The molecule has 1 aromatic rings. The van der Waals surface area contributed by atoms with Gasteiger partial charge in [0, 0.05) is 10.6 Å². The summed E-state index contributed by atoms with van der Waals surface area (Å²) < 4.78 is 0. The van der Waals surface area contributed by atoms with Gasteiger partial charge in [-0.05, 0) is 18.6 Å². The Morgan fingerprint density at radius 1 is 1.57 bits per heavy atom. The zero-order valence-corrected chi connectivity index (χ0v) is 8.45. The van der Waals surface area contributed by atoms with Crippen molar-refractivity contribution in [1.29, 1.82) is 0 Å². The van der Waals surface area contributed by atoms with Crippen LogP contribution in [-0.4, -0.2) is 16.2 Å². The molecule has 0 aliphatic heterocycles. The van der Waals surface area contributed by atoms with E-state index in [1.807, 2.05) is 0 Å². The zero-order chi connectivity index (χ0) is 10.7. The molecule has 0 saturated carbocycles. The Morgan fingerprint density at radius 2 is 2.21 bits per heavy atom. The number of aliphatic hydroxyl groups excluding tert-OH is 1. The molecule has 0 aromatic heterocycles. The maximum absolute atomic E-state index is 10.4. The van der Waals surface area contributed by atoms with Gasteiger partial charge < -0.3 is 10.2 Å². The summed E-state index contributed by atoms with van der Waals surface area (Å²) in [6.07, 6.45) is -1.37. The third-order valence-corrected chi connectivity index (χ3v) is 2.30. The van der Waals surface area contributed by atoms with E-state index in [-0.39, 0.29) is 6.42 Å². The second-order valence-electron chi connectivity index (χ2n) is 3.08. The summed E-state index contributed by atoms with van der Waals surface area (Å²) in [4.78, 5) is 10.4. The first kappa shape index (κ1) is 11.0. The monoisotopic (exact) mass is 214 g/mol. The number of hydrogen-bond acceptors (Lipinski definition) is 2. The zero-order valence-electron chi connectivity index (χ0n) is 7.70. The second kappa shape index (κ2) is 4.44. The lowest BCUT2D eigenvalue weighted by Crippen LogP contribution is -2.07. The SMILES string of the molecule is Cc1cccc(Cl)c1[C@H](O)CC(=O)O. The predicted molar refractivity (Wildman–Crippen MR) is 53.4 cm³/mol. The predicted octanol–water partition coefficient (Wildman–Crippen LogP) is 2.16. The van der Waals surface area contributed by atoms with Gasteiger partial charge in [0.2, 0.25) is 0 Å². The quantitative estimate of drug-likeness (QED) is 0.811. The lowest BCUT2D eigenvalue weighted by atomic mass is 10.0. The number of carboxylic acid groups (broad SMARTS) is 1. The lowest BCUT2D eigenvalue weighted by Gasteiger charge is -2.13. The molecule has 1 atom stereocenters. The third-order valence-electron chi connectivity index (χ3n) is 1.97. The molecule has 0 unspecified atom stereocenters. The molecule has 0 radical (unpaired) electrons. The fourth-order valence-corrected chi connectivity index (χ4v) is 1.68. The highest BCUT2D eigenvalue weighted by molar-refractivity contribution is 6.31. The van der Waals surface area contributed by atoms with Crippen molar-refractivity contribution in [2.24, 2.45) is 0 Å². The highest BCUT2D eigenvalue weighted by Gasteiger charge is 2.16. The minimum absolute atomic E-state index is 0.329. The molecule has 0 saturated heterocycles. The molecule has 1 aromatic carbocycles. The summed E-state index contributed by atoms with van der Waals surface area (Å²) in [7, 11) is 0. The summed E-state index contributed by atoms with van der Waals surface area (Å²) in [6.45, 7) is 1.78. The molecule has 2 N–H and O–H groups in total. The Kier molecular flexibility index (Phi) is 3.49. The molecule has 0 aliphatic rings. The van der Waals surface area contributed by atoms with Crippen LogP contribution in [0.1, 0.15) is 23.7 Å². The van der Waals surface area contributed by atoms with Crippen LogP contribution in [0, 0.1) is 6.92 Å². The van der Waals surface area contributed by atoms with Gasteiger partial charge in [-0.1, -0.05) is 23.7 Å². The van der Waals surface area contributed by atoms with Crippen LogP contribution in [0.4, 0.5) is 0 Å². The van der Waals surface area contributed by atoms with Gasteiger partial charge in [0.1, 0.15) is 0 Å². The van der Waals surface area contributed by atoms with Crippen LogP contribution in [0.5, 0.6) is 0 Å². The average Bonchev–Trinajstić information content (AvgIpc) is 2.01. The average molecular weight is 215 g/mol. The third kappa shape index (κ3) is 2.47. The number of rotatable bonds is 3. The number of benzene rings is 1. The topological polar surface area (TPSA) is 57.5 Å². The van der Waals surface area contributed by atoms with Gasteiger partial charge in [0.15, 0.2) is 0 Å². The van der Waals surface area contributed by atoms with Crippen molar-refractivity contribution in [2.45, 2.75) is 19.4 Å². The number of carboxylic acids is 1. The van der Waals surface area contributed by atoms with Crippen LogP contribution >= 0.6 is 11.6 Å². The van der Waals surface area contributed by atoms with Gasteiger partial charge in [-0.3, -0.25) is 4.79 Å². The second-order valence-corrected chi connectivity index (χ2v) is 3.49. The Morgan fingerprint density at radius 3 is 2.71 bits per heavy atom. The fourth-order valence-electron chi connectivity index (χ4n) is 1.33. The molecule has 0 heterocycles. The largest absolute Gasteiger partial charge is 0.481 e. The number of halogens is 1. The molecular formula is C10H11ClO3. The maximum Gasteiger partial charge on any atom is 0.306 e. The van der Waals surface area contributed by atoms with E-state index >= 15 is 0 Å². The minimum atomic E-state index is -1.04. The van der Waals surface area contributed by atoms with Crippen LogP contribution in [0.25, 0.3) is 0 Å². The maximum atomic E-state index is 10.4. The summed E-state index contributed by atoms with van der Waals surface area (Å²) in [5.74, 6) is -1.04. The Balaban J connectivity index is 2.99. The first-order chi connectivity index (χ1) is 6.52. The van der Waals surface area contributed by atoms with Crippen molar-refractivity contribution in [2.75, 3.05) is 0 Å². The number of aliphatic hydroxyl groups is 1. The van der Waals surface area contributed by atoms with Crippen molar-refractivity contribution < 1.29 is 15.0 Å². The Hall–Kier alpha value is -1.06. The van der Waals surface area contributed by atoms with Gasteiger partial charge in [-0.2, -0.15) is 0 Å². The van der Waals surface area contributed by atoms with E-state index in [0.717, 1.165) is 5.56 Å². The van der Waals surface area contributed by atoms with E-state index in [1.165, 1.54) is 0 Å². The van der Waals surface area contributed by atoms with Crippen molar-refractivity contribution in [3.05, 3.63) is 34.3 Å². The molecule has 1 rings (SSSR count). The molecule has 0 aliphatic carbocycles. The summed E-state index contributed by atoms with van der Waals surface area (Å²) >= 11 is 5.85. The number of carbonyl (C=O) groups is 1. The van der Waals surface area contributed by atoms with Crippen molar-refractivity contribution >= 4 is 17.6 Å². The van der Waals surface area contributed by atoms with Crippen LogP contribution in [-0.2, 0) is 4.79 Å². The van der Waals surface area contributed by atoms with E-state index in [0.29, 0.717) is 10.6 Å². The molecule has 3 nitrogen and oxygen atoms in total. The number of aliphatic carboxylic acids is 1. The van der Waals surface area contributed by atoms with E-state index in [1.54, 1.807) is 25.1 Å². The van der Waals surface area contributed by atoms with E-state index in [2.05, 4.69) is 0 Å².